The Morgan fingerprint density at radius 1 is 1.14 bits per heavy atom. The Hall–Kier alpha value is -3.74. The van der Waals surface area contributed by atoms with Crippen LogP contribution in [0.1, 0.15) is 35.0 Å². The monoisotopic (exact) mass is 388 g/mol. The number of amides is 1. The summed E-state index contributed by atoms with van der Waals surface area (Å²) in [5, 5.41) is 0.985. The van der Waals surface area contributed by atoms with E-state index in [1.54, 1.807) is 24.3 Å². The lowest BCUT2D eigenvalue weighted by Crippen LogP contribution is -2.30. The first kappa shape index (κ1) is 18.6. The summed E-state index contributed by atoms with van der Waals surface area (Å²) in [6, 6.07) is 14.9. The normalized spacial score (nSPS) is 11.9. The lowest BCUT2D eigenvalue weighted by molar-refractivity contribution is 0.0733. The number of aromatic nitrogens is 3. The van der Waals surface area contributed by atoms with E-state index in [-0.39, 0.29) is 24.2 Å². The fourth-order valence-electron chi connectivity index (χ4n) is 2.94. The van der Waals surface area contributed by atoms with Crippen molar-refractivity contribution in [1.29, 1.82) is 0 Å². The van der Waals surface area contributed by atoms with Crippen LogP contribution in [-0.4, -0.2) is 32.8 Å². The molecule has 4 rings (SSSR count). The van der Waals surface area contributed by atoms with Crippen molar-refractivity contribution >= 4 is 16.8 Å². The van der Waals surface area contributed by atoms with Crippen LogP contribution < -0.4 is 4.74 Å². The number of nitrogens with zero attached hydrogens (tertiary/aromatic N) is 4. The lowest BCUT2D eigenvalue weighted by Gasteiger charge is -2.23. The first-order valence-corrected chi connectivity index (χ1v) is 9.22. The Morgan fingerprint density at radius 3 is 2.83 bits per heavy atom. The summed E-state index contributed by atoms with van der Waals surface area (Å²) in [6.45, 7) is 2.04. The van der Waals surface area contributed by atoms with Crippen molar-refractivity contribution in [2.45, 2.75) is 19.6 Å². The molecule has 0 bridgehead atoms. The molecule has 146 valence electrons. The average Bonchev–Trinajstić information content (AvgIpc) is 3.25. The minimum atomic E-state index is -0.241. The van der Waals surface area contributed by atoms with Gasteiger partial charge in [0.2, 0.25) is 5.89 Å². The Balaban J connectivity index is 1.41. The topological polar surface area (TPSA) is 81.4 Å². The Morgan fingerprint density at radius 2 is 2.00 bits per heavy atom. The highest BCUT2D eigenvalue weighted by molar-refractivity contribution is 5.92. The zero-order chi connectivity index (χ0) is 20.2. The van der Waals surface area contributed by atoms with Crippen LogP contribution in [0.2, 0.25) is 0 Å². The number of hydrogen-bond acceptors (Lipinski definition) is 6. The van der Waals surface area contributed by atoms with E-state index in [4.69, 9.17) is 9.15 Å². The van der Waals surface area contributed by atoms with Gasteiger partial charge >= 0.3 is 0 Å². The molecule has 0 aliphatic rings. The highest BCUT2D eigenvalue weighted by Gasteiger charge is 2.22. The zero-order valence-electron chi connectivity index (χ0n) is 16.1. The van der Waals surface area contributed by atoms with Gasteiger partial charge in [-0.25, -0.2) is 4.98 Å². The molecule has 4 aromatic rings. The van der Waals surface area contributed by atoms with Crippen LogP contribution in [0.3, 0.4) is 0 Å². The van der Waals surface area contributed by atoms with Gasteiger partial charge in [0.25, 0.3) is 5.91 Å². The van der Waals surface area contributed by atoms with Gasteiger partial charge in [0.05, 0.1) is 17.3 Å². The van der Waals surface area contributed by atoms with Gasteiger partial charge in [-0.3, -0.25) is 14.8 Å². The van der Waals surface area contributed by atoms with Crippen molar-refractivity contribution in [2.24, 2.45) is 0 Å². The summed E-state index contributed by atoms with van der Waals surface area (Å²) in [6.07, 6.45) is 4.81. The van der Waals surface area contributed by atoms with Crippen molar-refractivity contribution in [3.8, 4) is 5.75 Å². The number of ether oxygens (including phenoxy) is 1. The number of oxazole rings is 1. The number of hydrogen-bond donors (Lipinski definition) is 0. The fourth-order valence-corrected chi connectivity index (χ4v) is 2.94. The lowest BCUT2D eigenvalue weighted by atomic mass is 10.2. The molecule has 1 unspecified atom stereocenters. The predicted molar refractivity (Wildman–Crippen MR) is 107 cm³/mol. The molecule has 0 saturated heterocycles. The van der Waals surface area contributed by atoms with Crippen molar-refractivity contribution in [3.63, 3.8) is 0 Å². The summed E-state index contributed by atoms with van der Waals surface area (Å²) in [5.41, 5.74) is 1.94. The van der Waals surface area contributed by atoms with Crippen LogP contribution >= 0.6 is 0 Å². The van der Waals surface area contributed by atoms with Crippen molar-refractivity contribution < 1.29 is 13.9 Å². The van der Waals surface area contributed by atoms with E-state index >= 15 is 0 Å². The van der Waals surface area contributed by atoms with E-state index < -0.39 is 0 Å². The molecule has 0 aliphatic carbocycles. The van der Waals surface area contributed by atoms with Gasteiger partial charge in [0.15, 0.2) is 12.3 Å². The second kappa shape index (κ2) is 8.10. The van der Waals surface area contributed by atoms with Gasteiger partial charge in [-0.05, 0) is 43.3 Å². The van der Waals surface area contributed by atoms with E-state index in [9.17, 15) is 4.79 Å². The second-order valence-electron chi connectivity index (χ2n) is 6.62. The first-order chi connectivity index (χ1) is 14.1. The van der Waals surface area contributed by atoms with E-state index in [0.29, 0.717) is 11.6 Å². The SMILES string of the molecule is CC(c1ccccn1)N(C)C(=O)c1coc(COc2ccc3ncccc3c2)n1. The summed E-state index contributed by atoms with van der Waals surface area (Å²) in [4.78, 5) is 27.2. The third kappa shape index (κ3) is 4.08. The molecule has 29 heavy (non-hydrogen) atoms. The molecule has 0 N–H and O–H groups in total. The number of benzene rings is 1. The molecular formula is C22H20N4O3. The minimum Gasteiger partial charge on any atom is -0.484 e. The maximum absolute atomic E-state index is 12.7. The third-order valence-electron chi connectivity index (χ3n) is 4.72. The molecule has 0 radical (unpaired) electrons. The molecule has 1 atom stereocenters. The summed E-state index contributed by atoms with van der Waals surface area (Å²) >= 11 is 0. The van der Waals surface area contributed by atoms with Gasteiger partial charge < -0.3 is 14.1 Å². The van der Waals surface area contributed by atoms with Crippen LogP contribution in [0.4, 0.5) is 0 Å². The van der Waals surface area contributed by atoms with Gasteiger partial charge in [-0.2, -0.15) is 0 Å². The van der Waals surface area contributed by atoms with E-state index in [0.717, 1.165) is 16.6 Å². The number of carbonyl (C=O) groups excluding carboxylic acids is 1. The average molecular weight is 388 g/mol. The fraction of sp³-hybridized carbons (Fsp3) is 0.182. The molecule has 0 spiro atoms. The van der Waals surface area contributed by atoms with Crippen LogP contribution in [0.15, 0.2) is 71.6 Å². The maximum atomic E-state index is 12.7. The minimum absolute atomic E-state index is 0.124. The summed E-state index contributed by atoms with van der Waals surface area (Å²) < 4.78 is 11.2. The molecule has 1 amide bonds. The Kier molecular flexibility index (Phi) is 5.20. The van der Waals surface area contributed by atoms with Crippen molar-refractivity contribution in [3.05, 3.63) is 84.5 Å². The molecule has 3 heterocycles. The zero-order valence-corrected chi connectivity index (χ0v) is 16.1. The van der Waals surface area contributed by atoms with E-state index in [1.165, 1.54) is 6.26 Å². The van der Waals surface area contributed by atoms with E-state index in [1.807, 2.05) is 55.5 Å². The molecule has 7 heteroatoms. The van der Waals surface area contributed by atoms with Gasteiger partial charge in [-0.15, -0.1) is 0 Å². The van der Waals surface area contributed by atoms with Gasteiger partial charge in [0, 0.05) is 24.8 Å². The van der Waals surface area contributed by atoms with E-state index in [2.05, 4.69) is 15.0 Å². The van der Waals surface area contributed by atoms with Crippen LogP contribution in [0, 0.1) is 0 Å². The van der Waals surface area contributed by atoms with Crippen LogP contribution in [0.5, 0.6) is 5.75 Å². The number of fused-ring (bicyclic) bond motifs is 1. The van der Waals surface area contributed by atoms with Gasteiger partial charge in [-0.1, -0.05) is 12.1 Å². The molecule has 0 aliphatic heterocycles. The number of rotatable bonds is 6. The van der Waals surface area contributed by atoms with Crippen LogP contribution in [0.25, 0.3) is 10.9 Å². The molecule has 0 saturated carbocycles. The van der Waals surface area contributed by atoms with Crippen molar-refractivity contribution in [1.82, 2.24) is 19.9 Å². The highest BCUT2D eigenvalue weighted by Crippen LogP contribution is 2.21. The number of pyridine rings is 2. The molecular weight excluding hydrogens is 368 g/mol. The standard InChI is InChI=1S/C22H20N4O3/c1-15(18-7-3-4-10-23-18)26(2)22(27)20-13-29-21(25-20)14-28-17-8-9-19-16(12-17)6-5-11-24-19/h3-13,15H,14H2,1-2H3. The van der Waals surface area contributed by atoms with Gasteiger partial charge in [0.1, 0.15) is 12.0 Å². The smallest absolute Gasteiger partial charge is 0.276 e. The second-order valence-corrected chi connectivity index (χ2v) is 6.62. The largest absolute Gasteiger partial charge is 0.484 e. The quantitative estimate of drug-likeness (QED) is 0.496. The molecule has 3 aromatic heterocycles. The maximum Gasteiger partial charge on any atom is 0.276 e. The molecule has 1 aromatic carbocycles. The molecule has 7 nitrogen and oxygen atoms in total. The Bertz CT molecular complexity index is 1130. The summed E-state index contributed by atoms with van der Waals surface area (Å²) in [7, 11) is 1.72. The Labute approximate surface area is 168 Å². The van der Waals surface area contributed by atoms with Crippen molar-refractivity contribution in [2.75, 3.05) is 7.05 Å². The summed E-state index contributed by atoms with van der Waals surface area (Å²) in [5.74, 6) is 0.769. The molecule has 0 fully saturated rings. The predicted octanol–water partition coefficient (Wildman–Crippen LogP) is 4.03. The number of carbonyl (C=O) groups is 1. The highest BCUT2D eigenvalue weighted by atomic mass is 16.5. The first-order valence-electron chi connectivity index (χ1n) is 9.22. The van der Waals surface area contributed by atoms with Crippen LogP contribution in [-0.2, 0) is 6.61 Å². The third-order valence-corrected chi connectivity index (χ3v) is 4.72.